The van der Waals surface area contributed by atoms with E-state index in [2.05, 4.69) is 9.98 Å². The zero-order valence-electron chi connectivity index (χ0n) is 11.9. The Labute approximate surface area is 143 Å². The lowest BCUT2D eigenvalue weighted by Gasteiger charge is -2.19. The van der Waals surface area contributed by atoms with Gasteiger partial charge in [0.05, 0.1) is 11.1 Å². The third-order valence-electron chi connectivity index (χ3n) is 3.32. The molecule has 0 spiro atoms. The monoisotopic (exact) mass is 379 g/mol. The van der Waals surface area contributed by atoms with Gasteiger partial charge in [-0.05, 0) is 18.2 Å². The molecule has 0 saturated heterocycles. The maximum absolute atomic E-state index is 10.5. The normalized spacial score (nSPS) is 15.7. The fourth-order valence-corrected chi connectivity index (χ4v) is 2.52. The number of aliphatic imine (C=N–C) groups is 1. The topological polar surface area (TPSA) is 48.2 Å². The van der Waals surface area contributed by atoms with Gasteiger partial charge >= 0.3 is 0 Å². The molecular formula is C16H15BrClN3O. The van der Waals surface area contributed by atoms with E-state index in [1.54, 1.807) is 13.1 Å². The molecule has 1 heterocycles. The van der Waals surface area contributed by atoms with Crippen molar-refractivity contribution in [2.45, 2.75) is 0 Å². The molecule has 2 aromatic carbocycles. The van der Waals surface area contributed by atoms with Crippen LogP contribution in [0.1, 0.15) is 5.56 Å². The first-order chi connectivity index (χ1) is 10.2. The Bertz CT molecular complexity index is 821. The standard InChI is InChI=1S/C16H14ClN3O.BrH/c1-18-15-10-20(21)16(11-5-3-2-4-6-11)13-9-12(17)7-8-14(13)19-15;/h2-9,21H,10H2,1H3;1H. The second-order valence-corrected chi connectivity index (χ2v) is 5.12. The Morgan fingerprint density at radius 1 is 1.18 bits per heavy atom. The van der Waals surface area contributed by atoms with Gasteiger partial charge in [0.15, 0.2) is 0 Å². The first-order valence-corrected chi connectivity index (χ1v) is 6.93. The van der Waals surface area contributed by atoms with Crippen LogP contribution in [-0.4, -0.2) is 29.7 Å². The summed E-state index contributed by atoms with van der Waals surface area (Å²) in [6.07, 6.45) is 0. The van der Waals surface area contributed by atoms with Crippen LogP contribution >= 0.6 is 28.6 Å². The Hall–Kier alpha value is -1.69. The minimum atomic E-state index is 0. The lowest BCUT2D eigenvalue weighted by molar-refractivity contribution is -0.0119. The number of hydroxylamine groups is 2. The average Bonchev–Trinajstić information content (AvgIpc) is 2.63. The van der Waals surface area contributed by atoms with Crippen LogP contribution in [0.25, 0.3) is 5.70 Å². The molecule has 1 aliphatic rings. The van der Waals surface area contributed by atoms with Crippen LogP contribution in [0.4, 0.5) is 0 Å². The van der Waals surface area contributed by atoms with E-state index in [-0.39, 0.29) is 23.5 Å². The van der Waals surface area contributed by atoms with Crippen molar-refractivity contribution < 1.29 is 5.21 Å². The molecule has 0 amide bonds. The second kappa shape index (κ2) is 7.05. The van der Waals surface area contributed by atoms with Crippen LogP contribution in [-0.2, 0) is 0 Å². The summed E-state index contributed by atoms with van der Waals surface area (Å²) >= 11 is 6.12. The molecule has 1 N–H and O–H groups in total. The SMILES string of the molecule is Br.CN=C1CN(O)C(c2ccccc2)=c2cc(Cl)ccc2=N1. The van der Waals surface area contributed by atoms with Gasteiger partial charge in [0, 0.05) is 22.9 Å². The fourth-order valence-electron chi connectivity index (χ4n) is 2.34. The molecule has 0 aliphatic carbocycles. The molecule has 0 bridgehead atoms. The van der Waals surface area contributed by atoms with Crippen molar-refractivity contribution in [2.24, 2.45) is 9.98 Å². The zero-order valence-corrected chi connectivity index (χ0v) is 14.4. The van der Waals surface area contributed by atoms with Gasteiger partial charge in [-0.15, -0.1) is 17.0 Å². The number of amidine groups is 1. The van der Waals surface area contributed by atoms with Gasteiger partial charge in [-0.25, -0.2) is 10.1 Å². The first kappa shape index (κ1) is 16.7. The minimum absolute atomic E-state index is 0. The molecule has 3 rings (SSSR count). The largest absolute Gasteiger partial charge is 0.288 e. The summed E-state index contributed by atoms with van der Waals surface area (Å²) < 4.78 is 0. The van der Waals surface area contributed by atoms with Gasteiger partial charge in [-0.2, -0.15) is 0 Å². The summed E-state index contributed by atoms with van der Waals surface area (Å²) in [4.78, 5) is 8.60. The van der Waals surface area contributed by atoms with Gasteiger partial charge in [-0.3, -0.25) is 10.2 Å². The Morgan fingerprint density at radius 3 is 2.59 bits per heavy atom. The third kappa shape index (κ3) is 3.21. The van der Waals surface area contributed by atoms with Crippen LogP contribution in [0, 0.1) is 0 Å². The molecule has 0 aromatic heterocycles. The molecule has 2 aromatic rings. The number of hydrogen-bond acceptors (Lipinski definition) is 3. The highest BCUT2D eigenvalue weighted by Gasteiger charge is 2.17. The summed E-state index contributed by atoms with van der Waals surface area (Å²) in [5.74, 6) is 0.562. The molecule has 22 heavy (non-hydrogen) atoms. The summed E-state index contributed by atoms with van der Waals surface area (Å²) in [5, 5.41) is 13.8. The van der Waals surface area contributed by atoms with Gasteiger partial charge < -0.3 is 0 Å². The van der Waals surface area contributed by atoms with Crippen molar-refractivity contribution in [2.75, 3.05) is 13.6 Å². The summed E-state index contributed by atoms with van der Waals surface area (Å²) in [5.41, 5.74) is 1.58. The predicted molar refractivity (Wildman–Crippen MR) is 93.4 cm³/mol. The first-order valence-electron chi connectivity index (χ1n) is 6.55. The van der Waals surface area contributed by atoms with E-state index in [0.29, 0.717) is 16.6 Å². The summed E-state index contributed by atoms with van der Waals surface area (Å²) in [6, 6.07) is 15.1. The highest BCUT2D eigenvalue weighted by atomic mass is 79.9. The van der Waals surface area contributed by atoms with Gasteiger partial charge in [0.1, 0.15) is 12.4 Å². The minimum Gasteiger partial charge on any atom is -0.288 e. The van der Waals surface area contributed by atoms with Crippen molar-refractivity contribution in [1.29, 1.82) is 0 Å². The third-order valence-corrected chi connectivity index (χ3v) is 3.55. The van der Waals surface area contributed by atoms with Crippen LogP contribution in [0.15, 0.2) is 58.5 Å². The van der Waals surface area contributed by atoms with E-state index in [4.69, 9.17) is 11.6 Å². The maximum atomic E-state index is 10.5. The molecule has 0 saturated carbocycles. The maximum Gasteiger partial charge on any atom is 0.145 e. The van der Waals surface area contributed by atoms with E-state index in [9.17, 15) is 5.21 Å². The van der Waals surface area contributed by atoms with E-state index < -0.39 is 0 Å². The van der Waals surface area contributed by atoms with E-state index >= 15 is 0 Å². The molecule has 114 valence electrons. The molecule has 6 heteroatoms. The van der Waals surface area contributed by atoms with Gasteiger partial charge in [0.2, 0.25) is 0 Å². The quantitative estimate of drug-likeness (QED) is 0.826. The van der Waals surface area contributed by atoms with Crippen molar-refractivity contribution in [1.82, 2.24) is 5.06 Å². The molecule has 0 fully saturated rings. The number of hydrogen-bond donors (Lipinski definition) is 1. The summed E-state index contributed by atoms with van der Waals surface area (Å²) in [7, 11) is 1.66. The smallest absolute Gasteiger partial charge is 0.145 e. The highest BCUT2D eigenvalue weighted by molar-refractivity contribution is 8.93. The lowest BCUT2D eigenvalue weighted by Crippen LogP contribution is -2.31. The fraction of sp³-hybridized carbons (Fsp3) is 0.125. The molecule has 0 unspecified atom stereocenters. The number of benzene rings is 2. The molecule has 1 aliphatic heterocycles. The molecular weight excluding hydrogens is 366 g/mol. The van der Waals surface area contributed by atoms with Crippen LogP contribution in [0.2, 0.25) is 5.02 Å². The number of halogens is 2. The molecule has 0 radical (unpaired) electrons. The zero-order chi connectivity index (χ0) is 14.8. The van der Waals surface area contributed by atoms with Gasteiger partial charge in [-0.1, -0.05) is 41.9 Å². The lowest BCUT2D eigenvalue weighted by atomic mass is 10.1. The van der Waals surface area contributed by atoms with Crippen LogP contribution < -0.4 is 10.6 Å². The highest BCUT2D eigenvalue weighted by Crippen LogP contribution is 2.15. The van der Waals surface area contributed by atoms with Gasteiger partial charge in [0.25, 0.3) is 0 Å². The van der Waals surface area contributed by atoms with Crippen LogP contribution in [0.3, 0.4) is 0 Å². The van der Waals surface area contributed by atoms with Crippen molar-refractivity contribution in [3.8, 4) is 0 Å². The Balaban J connectivity index is 0.00000176. The van der Waals surface area contributed by atoms with Crippen molar-refractivity contribution in [3.63, 3.8) is 0 Å². The average molecular weight is 381 g/mol. The number of nitrogens with zero attached hydrogens (tertiary/aromatic N) is 3. The van der Waals surface area contributed by atoms with E-state index in [0.717, 1.165) is 16.1 Å². The number of rotatable bonds is 1. The van der Waals surface area contributed by atoms with Crippen molar-refractivity contribution >= 4 is 40.1 Å². The molecule has 0 atom stereocenters. The van der Waals surface area contributed by atoms with E-state index in [1.165, 1.54) is 5.06 Å². The second-order valence-electron chi connectivity index (χ2n) is 4.69. The van der Waals surface area contributed by atoms with E-state index in [1.807, 2.05) is 42.5 Å². The van der Waals surface area contributed by atoms with Crippen LogP contribution in [0.5, 0.6) is 0 Å². The Kier molecular flexibility index (Phi) is 5.34. The summed E-state index contributed by atoms with van der Waals surface area (Å²) in [6.45, 7) is 0.229. The number of fused-ring (bicyclic) bond motifs is 1. The Morgan fingerprint density at radius 2 is 1.91 bits per heavy atom. The molecule has 4 nitrogen and oxygen atoms in total. The predicted octanol–water partition coefficient (Wildman–Crippen LogP) is 2.43. The van der Waals surface area contributed by atoms with Crippen molar-refractivity contribution in [3.05, 3.63) is 69.7 Å².